The molecular formula is C20H17ClN6. The average Bonchev–Trinajstić information content (AvgIpc) is 2.66. The molecule has 0 aliphatic carbocycles. The number of hydrogen-bond donors (Lipinski definition) is 2. The summed E-state index contributed by atoms with van der Waals surface area (Å²) in [5.41, 5.74) is 5.20. The molecule has 134 valence electrons. The summed E-state index contributed by atoms with van der Waals surface area (Å²) in [5, 5.41) is 7.23. The number of benzene rings is 2. The lowest BCUT2D eigenvalue weighted by Crippen LogP contribution is -2.04. The van der Waals surface area contributed by atoms with Gasteiger partial charge >= 0.3 is 0 Å². The quantitative estimate of drug-likeness (QED) is 0.511. The zero-order chi connectivity index (χ0) is 18.8. The Morgan fingerprint density at radius 1 is 0.852 bits per heavy atom. The summed E-state index contributed by atoms with van der Waals surface area (Å²) in [4.78, 5) is 17.8. The van der Waals surface area contributed by atoms with Crippen LogP contribution in [-0.2, 0) is 0 Å². The summed E-state index contributed by atoms with van der Waals surface area (Å²) in [7, 11) is 0. The Bertz CT molecular complexity index is 1110. The standard InChI is InChI=1S/C20H17ClN6/c1-12-3-4-13(2)16(11-12)25-19-17-18(23-10-9-22-17)26-20(27-19)24-15-7-5-14(21)6-8-15/h3-11H,1-2H3,(H2,23,24,25,26,27). The van der Waals surface area contributed by atoms with Gasteiger partial charge in [0.15, 0.2) is 17.0 Å². The van der Waals surface area contributed by atoms with Crippen molar-refractivity contribution in [3.63, 3.8) is 0 Å². The molecule has 0 spiro atoms. The highest BCUT2D eigenvalue weighted by Crippen LogP contribution is 2.26. The van der Waals surface area contributed by atoms with Gasteiger partial charge in [-0.3, -0.25) is 0 Å². The number of anilines is 4. The highest BCUT2D eigenvalue weighted by Gasteiger charge is 2.11. The first-order valence-electron chi connectivity index (χ1n) is 8.44. The summed E-state index contributed by atoms with van der Waals surface area (Å²) >= 11 is 5.95. The summed E-state index contributed by atoms with van der Waals surface area (Å²) in [6.07, 6.45) is 3.25. The molecule has 0 fully saturated rings. The van der Waals surface area contributed by atoms with E-state index in [0.29, 0.717) is 28.0 Å². The fraction of sp³-hybridized carbons (Fsp3) is 0.100. The first-order chi connectivity index (χ1) is 13.1. The molecule has 27 heavy (non-hydrogen) atoms. The number of halogens is 1. The molecule has 0 aliphatic heterocycles. The maximum atomic E-state index is 5.95. The van der Waals surface area contributed by atoms with Crippen LogP contribution in [0.15, 0.2) is 54.9 Å². The van der Waals surface area contributed by atoms with Crippen LogP contribution in [0.25, 0.3) is 11.2 Å². The molecule has 0 amide bonds. The molecule has 4 rings (SSSR count). The molecule has 0 saturated heterocycles. The molecule has 7 heteroatoms. The van der Waals surface area contributed by atoms with Crippen LogP contribution in [0.1, 0.15) is 11.1 Å². The van der Waals surface area contributed by atoms with Crippen molar-refractivity contribution in [1.29, 1.82) is 0 Å². The van der Waals surface area contributed by atoms with Gasteiger partial charge < -0.3 is 10.6 Å². The van der Waals surface area contributed by atoms with E-state index in [2.05, 4.69) is 55.7 Å². The van der Waals surface area contributed by atoms with Crippen LogP contribution in [0.5, 0.6) is 0 Å². The highest BCUT2D eigenvalue weighted by molar-refractivity contribution is 6.30. The second kappa shape index (κ2) is 7.17. The maximum absolute atomic E-state index is 5.95. The van der Waals surface area contributed by atoms with Gasteiger partial charge in [0.2, 0.25) is 5.95 Å². The van der Waals surface area contributed by atoms with E-state index >= 15 is 0 Å². The third-order valence-electron chi connectivity index (χ3n) is 4.08. The van der Waals surface area contributed by atoms with Crippen LogP contribution in [-0.4, -0.2) is 19.9 Å². The predicted octanol–water partition coefficient (Wildman–Crippen LogP) is 5.18. The zero-order valence-electron chi connectivity index (χ0n) is 14.9. The van der Waals surface area contributed by atoms with E-state index in [9.17, 15) is 0 Å². The molecule has 2 aromatic heterocycles. The van der Waals surface area contributed by atoms with Crippen molar-refractivity contribution in [2.45, 2.75) is 13.8 Å². The fourth-order valence-electron chi connectivity index (χ4n) is 2.67. The van der Waals surface area contributed by atoms with E-state index < -0.39 is 0 Å². The van der Waals surface area contributed by atoms with Crippen LogP contribution in [0, 0.1) is 13.8 Å². The van der Waals surface area contributed by atoms with Crippen molar-refractivity contribution in [3.05, 3.63) is 71.0 Å². The molecule has 2 aromatic carbocycles. The van der Waals surface area contributed by atoms with Crippen LogP contribution in [0.2, 0.25) is 5.02 Å². The largest absolute Gasteiger partial charge is 0.338 e. The van der Waals surface area contributed by atoms with Gasteiger partial charge in [-0.05, 0) is 55.3 Å². The molecule has 0 unspecified atom stereocenters. The van der Waals surface area contributed by atoms with E-state index in [1.54, 1.807) is 24.5 Å². The Labute approximate surface area is 161 Å². The number of rotatable bonds is 4. The van der Waals surface area contributed by atoms with Crippen LogP contribution >= 0.6 is 11.6 Å². The van der Waals surface area contributed by atoms with Crippen LogP contribution in [0.3, 0.4) is 0 Å². The number of fused-ring (bicyclic) bond motifs is 1. The minimum atomic E-state index is 0.429. The van der Waals surface area contributed by atoms with Gasteiger partial charge in [0, 0.05) is 28.8 Å². The molecule has 0 atom stereocenters. The number of nitrogens with one attached hydrogen (secondary N) is 2. The molecule has 2 N–H and O–H groups in total. The van der Waals surface area contributed by atoms with Crippen LogP contribution < -0.4 is 10.6 Å². The number of nitrogens with zero attached hydrogens (tertiary/aromatic N) is 4. The van der Waals surface area contributed by atoms with Crippen molar-refractivity contribution in [3.8, 4) is 0 Å². The number of aryl methyl sites for hydroxylation is 2. The third kappa shape index (κ3) is 3.80. The molecule has 0 saturated carbocycles. The molecule has 0 bridgehead atoms. The lowest BCUT2D eigenvalue weighted by atomic mass is 10.1. The Balaban J connectivity index is 1.76. The minimum Gasteiger partial charge on any atom is -0.338 e. The van der Waals surface area contributed by atoms with Gasteiger partial charge in [-0.15, -0.1) is 0 Å². The van der Waals surface area contributed by atoms with E-state index in [1.807, 2.05) is 19.1 Å². The van der Waals surface area contributed by atoms with Crippen LogP contribution in [0.4, 0.5) is 23.1 Å². The Kier molecular flexibility index (Phi) is 4.56. The van der Waals surface area contributed by atoms with Crippen molar-refractivity contribution in [2.75, 3.05) is 10.6 Å². The van der Waals surface area contributed by atoms with Gasteiger partial charge in [-0.25, -0.2) is 9.97 Å². The average molecular weight is 377 g/mol. The molecule has 4 aromatic rings. The highest BCUT2D eigenvalue weighted by atomic mass is 35.5. The summed E-state index contributed by atoms with van der Waals surface area (Å²) < 4.78 is 0. The molecule has 2 heterocycles. The van der Waals surface area contributed by atoms with Crippen molar-refractivity contribution in [2.24, 2.45) is 0 Å². The predicted molar refractivity (Wildman–Crippen MR) is 109 cm³/mol. The lowest BCUT2D eigenvalue weighted by molar-refractivity contribution is 1.14. The smallest absolute Gasteiger partial charge is 0.231 e. The van der Waals surface area contributed by atoms with Gasteiger partial charge in [0.1, 0.15) is 0 Å². The van der Waals surface area contributed by atoms with Gasteiger partial charge in [-0.1, -0.05) is 23.7 Å². The maximum Gasteiger partial charge on any atom is 0.231 e. The van der Waals surface area contributed by atoms with Gasteiger partial charge in [0.05, 0.1) is 0 Å². The fourth-order valence-corrected chi connectivity index (χ4v) is 2.79. The minimum absolute atomic E-state index is 0.429. The first-order valence-corrected chi connectivity index (χ1v) is 8.82. The van der Waals surface area contributed by atoms with Crippen molar-refractivity contribution in [1.82, 2.24) is 19.9 Å². The molecule has 0 aliphatic rings. The monoisotopic (exact) mass is 376 g/mol. The summed E-state index contributed by atoms with van der Waals surface area (Å²) in [6, 6.07) is 13.6. The third-order valence-corrected chi connectivity index (χ3v) is 4.33. The molecular weight excluding hydrogens is 360 g/mol. The number of hydrogen-bond acceptors (Lipinski definition) is 6. The Hall–Kier alpha value is -3.25. The van der Waals surface area contributed by atoms with Gasteiger partial charge in [-0.2, -0.15) is 9.97 Å². The summed E-state index contributed by atoms with van der Waals surface area (Å²) in [5.74, 6) is 1.02. The van der Waals surface area contributed by atoms with E-state index in [4.69, 9.17) is 11.6 Å². The number of aromatic nitrogens is 4. The SMILES string of the molecule is Cc1ccc(C)c(Nc2nc(Nc3ccc(Cl)cc3)nc3nccnc23)c1. The normalized spacial score (nSPS) is 10.8. The second-order valence-electron chi connectivity index (χ2n) is 6.20. The van der Waals surface area contributed by atoms with Crippen molar-refractivity contribution < 1.29 is 0 Å². The lowest BCUT2D eigenvalue weighted by Gasteiger charge is -2.13. The van der Waals surface area contributed by atoms with E-state index in [0.717, 1.165) is 22.5 Å². The van der Waals surface area contributed by atoms with Gasteiger partial charge in [0.25, 0.3) is 0 Å². The summed E-state index contributed by atoms with van der Waals surface area (Å²) in [6.45, 7) is 4.10. The molecule has 6 nitrogen and oxygen atoms in total. The zero-order valence-corrected chi connectivity index (χ0v) is 15.6. The topological polar surface area (TPSA) is 75.6 Å². The Morgan fingerprint density at radius 3 is 2.44 bits per heavy atom. The van der Waals surface area contributed by atoms with E-state index in [-0.39, 0.29) is 0 Å². The molecule has 0 radical (unpaired) electrons. The van der Waals surface area contributed by atoms with Crippen molar-refractivity contribution >= 4 is 45.9 Å². The second-order valence-corrected chi connectivity index (χ2v) is 6.64. The first kappa shape index (κ1) is 17.2. The Morgan fingerprint density at radius 2 is 1.63 bits per heavy atom. The van der Waals surface area contributed by atoms with E-state index in [1.165, 1.54) is 0 Å².